The van der Waals surface area contributed by atoms with E-state index in [9.17, 15) is 26.4 Å². The Labute approximate surface area is 154 Å². The van der Waals surface area contributed by atoms with E-state index in [1.807, 2.05) is 0 Å². The zero-order valence-corrected chi connectivity index (χ0v) is 14.8. The van der Waals surface area contributed by atoms with Crippen molar-refractivity contribution in [2.75, 3.05) is 6.54 Å². The molecule has 2 aromatic carbocycles. The first kappa shape index (κ1) is 20.5. The number of hydrogen-bond acceptors (Lipinski definition) is 4. The van der Waals surface area contributed by atoms with Gasteiger partial charge in [0, 0.05) is 11.1 Å². The first-order chi connectivity index (χ1) is 12.6. The second kappa shape index (κ2) is 8.24. The smallest absolute Gasteiger partial charge is 0.406 e. The van der Waals surface area contributed by atoms with Gasteiger partial charge in [0.1, 0.15) is 5.75 Å². The average Bonchev–Trinajstić information content (AvgIpc) is 2.58. The predicted molar refractivity (Wildman–Crippen MR) is 91.6 cm³/mol. The second-order valence-corrected chi connectivity index (χ2v) is 7.05. The van der Waals surface area contributed by atoms with E-state index in [1.165, 1.54) is 6.92 Å². The highest BCUT2D eigenvalue weighted by molar-refractivity contribution is 7.89. The molecule has 0 bridgehead atoms. The summed E-state index contributed by atoms with van der Waals surface area (Å²) >= 11 is 0. The van der Waals surface area contributed by atoms with Crippen LogP contribution in [0.25, 0.3) is 0 Å². The number of nitrogens with one attached hydrogen (secondary N) is 1. The number of Topliss-reactive ketones (excluding diaryl/α,β-unsaturated/α-hetero) is 1. The van der Waals surface area contributed by atoms with Crippen LogP contribution in [0.4, 0.5) is 13.2 Å². The second-order valence-electron chi connectivity index (χ2n) is 5.28. The molecular weight excluding hydrogens is 383 g/mol. The number of ether oxygens (including phenoxy) is 1. The van der Waals surface area contributed by atoms with Gasteiger partial charge in [0.25, 0.3) is 0 Å². The summed E-state index contributed by atoms with van der Waals surface area (Å²) in [7, 11) is -3.93. The van der Waals surface area contributed by atoms with Crippen molar-refractivity contribution in [3.63, 3.8) is 0 Å². The van der Waals surface area contributed by atoms with Crippen molar-refractivity contribution in [1.82, 2.24) is 4.72 Å². The number of alkyl halides is 3. The third-order valence-corrected chi connectivity index (χ3v) is 4.66. The van der Waals surface area contributed by atoms with Crippen LogP contribution in [0.1, 0.15) is 22.8 Å². The van der Waals surface area contributed by atoms with Gasteiger partial charge in [-0.05, 0) is 43.3 Å². The Morgan fingerprint density at radius 3 is 2.19 bits per heavy atom. The average molecular weight is 397 g/mol. The van der Waals surface area contributed by atoms with Gasteiger partial charge in [-0.15, -0.1) is 13.2 Å². The van der Waals surface area contributed by atoms with Crippen molar-refractivity contribution in [2.45, 2.75) is 18.2 Å². The van der Waals surface area contributed by atoms with Gasteiger partial charge < -0.3 is 4.74 Å². The highest BCUT2D eigenvalue weighted by atomic mass is 32.2. The minimum Gasteiger partial charge on any atom is -0.406 e. The summed E-state index contributed by atoms with van der Waals surface area (Å²) in [4.78, 5) is 11.0. The molecule has 0 radical (unpaired) electrons. The fraction of sp³-hybridized carbons (Fsp3) is 0.167. The molecule has 142 valence electrons. The van der Waals surface area contributed by atoms with Crippen LogP contribution in [0.5, 0.6) is 5.75 Å². The quantitative estimate of drug-likeness (QED) is 0.622. The molecule has 0 heterocycles. The van der Waals surface area contributed by atoms with Gasteiger partial charge in [0.2, 0.25) is 10.0 Å². The lowest BCUT2D eigenvalue weighted by Crippen LogP contribution is -2.24. The predicted octanol–water partition coefficient (Wildman–Crippen LogP) is 3.12. The number of halogens is 3. The molecule has 0 atom stereocenters. The van der Waals surface area contributed by atoms with Gasteiger partial charge >= 0.3 is 6.36 Å². The van der Waals surface area contributed by atoms with E-state index in [1.54, 1.807) is 24.3 Å². The van der Waals surface area contributed by atoms with Crippen LogP contribution in [0.15, 0.2) is 53.4 Å². The SMILES string of the molecule is CC(=O)c1ccc(C#CCNS(=O)(=O)c2ccc(OC(F)(F)F)cc2)cc1. The molecule has 1 N–H and O–H groups in total. The van der Waals surface area contributed by atoms with E-state index in [2.05, 4.69) is 21.3 Å². The minimum atomic E-state index is -4.85. The molecule has 0 saturated carbocycles. The van der Waals surface area contributed by atoms with Crippen LogP contribution < -0.4 is 9.46 Å². The third kappa shape index (κ3) is 6.44. The standard InChI is InChI=1S/C18H14F3NO4S/c1-13(23)15-6-4-14(5-7-15)3-2-12-22-27(24,25)17-10-8-16(9-11-17)26-18(19,20)21/h4-11,22H,12H2,1H3. The number of ketones is 1. The topological polar surface area (TPSA) is 72.5 Å². The molecule has 5 nitrogen and oxygen atoms in total. The third-order valence-electron chi connectivity index (χ3n) is 3.24. The van der Waals surface area contributed by atoms with Crippen LogP contribution >= 0.6 is 0 Å². The molecule has 0 amide bonds. The molecule has 2 rings (SSSR count). The number of carbonyl (C=O) groups excluding carboxylic acids is 1. The lowest BCUT2D eigenvalue weighted by molar-refractivity contribution is -0.274. The largest absolute Gasteiger partial charge is 0.573 e. The van der Waals surface area contributed by atoms with Crippen LogP contribution in [0, 0.1) is 11.8 Å². The molecule has 0 aliphatic rings. The van der Waals surface area contributed by atoms with Crippen LogP contribution in [0.3, 0.4) is 0 Å². The summed E-state index contributed by atoms with van der Waals surface area (Å²) in [5.74, 6) is 4.76. The maximum atomic E-state index is 12.1. The molecule has 0 aliphatic heterocycles. The Balaban J connectivity index is 1.98. The van der Waals surface area contributed by atoms with Crippen molar-refractivity contribution < 1.29 is 31.1 Å². The van der Waals surface area contributed by atoms with Gasteiger partial charge in [-0.3, -0.25) is 4.79 Å². The van der Waals surface area contributed by atoms with Gasteiger partial charge in [0.15, 0.2) is 5.78 Å². The Hall–Kier alpha value is -2.83. The maximum absolute atomic E-state index is 12.1. The molecule has 0 aliphatic carbocycles. The van der Waals surface area contributed by atoms with Crippen molar-refractivity contribution in [1.29, 1.82) is 0 Å². The number of carbonyl (C=O) groups is 1. The lowest BCUT2D eigenvalue weighted by atomic mass is 10.1. The number of sulfonamides is 1. The zero-order chi connectivity index (χ0) is 20.1. The Morgan fingerprint density at radius 2 is 1.67 bits per heavy atom. The molecule has 9 heteroatoms. The van der Waals surface area contributed by atoms with E-state index >= 15 is 0 Å². The molecule has 0 fully saturated rings. The summed E-state index contributed by atoms with van der Waals surface area (Å²) in [6.07, 6.45) is -4.85. The van der Waals surface area contributed by atoms with Crippen molar-refractivity contribution >= 4 is 15.8 Å². The lowest BCUT2D eigenvalue weighted by Gasteiger charge is -2.09. The number of hydrogen-bond donors (Lipinski definition) is 1. The first-order valence-corrected chi connectivity index (χ1v) is 9.00. The van der Waals surface area contributed by atoms with Crippen molar-refractivity contribution in [3.05, 3.63) is 59.7 Å². The molecule has 0 spiro atoms. The fourth-order valence-electron chi connectivity index (χ4n) is 1.97. The molecule has 0 unspecified atom stereocenters. The van der Waals surface area contributed by atoms with Gasteiger partial charge in [-0.25, -0.2) is 8.42 Å². The number of rotatable bonds is 5. The Bertz CT molecular complexity index is 970. The van der Waals surface area contributed by atoms with E-state index < -0.39 is 22.1 Å². The summed E-state index contributed by atoms with van der Waals surface area (Å²) in [5, 5.41) is 0. The van der Waals surface area contributed by atoms with Crippen LogP contribution in [-0.2, 0) is 10.0 Å². The van der Waals surface area contributed by atoms with Crippen molar-refractivity contribution in [2.24, 2.45) is 0 Å². The van der Waals surface area contributed by atoms with Gasteiger partial charge in [0.05, 0.1) is 11.4 Å². The monoisotopic (exact) mass is 397 g/mol. The summed E-state index contributed by atoms with van der Waals surface area (Å²) in [5.41, 5.74) is 1.15. The molecular formula is C18H14F3NO4S. The van der Waals surface area contributed by atoms with Crippen molar-refractivity contribution in [3.8, 4) is 17.6 Å². The summed E-state index contributed by atoms with van der Waals surface area (Å²) in [6, 6.07) is 10.3. The highest BCUT2D eigenvalue weighted by Crippen LogP contribution is 2.23. The summed E-state index contributed by atoms with van der Waals surface area (Å²) in [6.45, 7) is 1.24. The Morgan fingerprint density at radius 1 is 1.07 bits per heavy atom. The molecule has 27 heavy (non-hydrogen) atoms. The normalized spacial score (nSPS) is 11.4. The van der Waals surface area contributed by atoms with Gasteiger partial charge in [-0.2, -0.15) is 4.72 Å². The number of benzene rings is 2. The minimum absolute atomic E-state index is 0.0751. The Kier molecular flexibility index (Phi) is 6.25. The fourth-order valence-corrected chi connectivity index (χ4v) is 2.89. The first-order valence-electron chi connectivity index (χ1n) is 7.52. The van der Waals surface area contributed by atoms with Crippen LogP contribution in [0.2, 0.25) is 0 Å². The highest BCUT2D eigenvalue weighted by Gasteiger charge is 2.31. The molecule has 0 aromatic heterocycles. The molecule has 2 aromatic rings. The van der Waals surface area contributed by atoms with Gasteiger partial charge in [-0.1, -0.05) is 24.0 Å². The van der Waals surface area contributed by atoms with Crippen LogP contribution in [-0.4, -0.2) is 27.1 Å². The maximum Gasteiger partial charge on any atom is 0.573 e. The summed E-state index contributed by atoms with van der Waals surface area (Å²) < 4.78 is 66.4. The van der Waals surface area contributed by atoms with E-state index in [4.69, 9.17) is 0 Å². The molecule has 0 saturated heterocycles. The van der Waals surface area contributed by atoms with E-state index in [0.29, 0.717) is 11.1 Å². The zero-order valence-electron chi connectivity index (χ0n) is 14.0. The van der Waals surface area contributed by atoms with E-state index in [-0.39, 0.29) is 17.2 Å². The van der Waals surface area contributed by atoms with E-state index in [0.717, 1.165) is 24.3 Å².